The summed E-state index contributed by atoms with van der Waals surface area (Å²) in [5.74, 6) is 0. The van der Waals surface area contributed by atoms with Gasteiger partial charge in [-0.2, -0.15) is 13.2 Å². The molecule has 1 aromatic rings. The van der Waals surface area contributed by atoms with Crippen LogP contribution in [-0.2, 0) is 11.5 Å². The Labute approximate surface area is 90.4 Å². The minimum absolute atomic E-state index is 0.0256. The molecule has 1 heterocycles. The first-order chi connectivity index (χ1) is 6.84. The molecule has 0 aliphatic rings. The molecular formula is C7H4BrF3N2O2. The predicted molar refractivity (Wildman–Crippen MR) is 48.5 cm³/mol. The van der Waals surface area contributed by atoms with E-state index < -0.39 is 22.5 Å². The van der Waals surface area contributed by atoms with Crippen LogP contribution in [0.3, 0.4) is 0 Å². The van der Waals surface area contributed by atoms with Crippen LogP contribution in [0.1, 0.15) is 11.4 Å². The molecule has 0 spiro atoms. The largest absolute Gasteiger partial charge is 0.433 e. The van der Waals surface area contributed by atoms with Gasteiger partial charge in [0.05, 0.1) is 10.6 Å². The second-order valence-electron chi connectivity index (χ2n) is 2.59. The van der Waals surface area contributed by atoms with Crippen molar-refractivity contribution in [3.05, 3.63) is 33.6 Å². The van der Waals surface area contributed by atoms with E-state index in [9.17, 15) is 23.3 Å². The zero-order chi connectivity index (χ0) is 11.6. The predicted octanol–water partition coefficient (Wildman–Crippen LogP) is 2.90. The average molecular weight is 285 g/mol. The Hall–Kier alpha value is -1.18. The number of hydrogen-bond acceptors (Lipinski definition) is 3. The third-order valence-electron chi connectivity index (χ3n) is 1.50. The summed E-state index contributed by atoms with van der Waals surface area (Å²) in [6.45, 7) is 0. The van der Waals surface area contributed by atoms with Crippen LogP contribution in [0.15, 0.2) is 12.1 Å². The summed E-state index contributed by atoms with van der Waals surface area (Å²) in [6.07, 6.45) is -4.68. The van der Waals surface area contributed by atoms with E-state index in [1.54, 1.807) is 0 Å². The highest BCUT2D eigenvalue weighted by Gasteiger charge is 2.34. The lowest BCUT2D eigenvalue weighted by Crippen LogP contribution is -2.10. The lowest BCUT2D eigenvalue weighted by molar-refractivity contribution is -0.385. The number of halogens is 4. The monoisotopic (exact) mass is 284 g/mol. The first-order valence-electron chi connectivity index (χ1n) is 3.63. The van der Waals surface area contributed by atoms with Crippen molar-refractivity contribution in [2.45, 2.75) is 11.5 Å². The van der Waals surface area contributed by atoms with E-state index in [0.29, 0.717) is 6.07 Å². The molecule has 8 heteroatoms. The molecule has 0 saturated carbocycles. The summed E-state index contributed by atoms with van der Waals surface area (Å²) in [5, 5.41) is 10.4. The molecule has 0 radical (unpaired) electrons. The minimum atomic E-state index is -4.68. The molecular weight excluding hydrogens is 281 g/mol. The van der Waals surface area contributed by atoms with Crippen molar-refractivity contribution in [1.82, 2.24) is 4.98 Å². The van der Waals surface area contributed by atoms with Crippen molar-refractivity contribution in [2.24, 2.45) is 0 Å². The van der Waals surface area contributed by atoms with Gasteiger partial charge in [-0.15, -0.1) is 0 Å². The first-order valence-corrected chi connectivity index (χ1v) is 4.75. The van der Waals surface area contributed by atoms with Crippen molar-refractivity contribution in [3.8, 4) is 0 Å². The van der Waals surface area contributed by atoms with Crippen molar-refractivity contribution >= 4 is 21.6 Å². The van der Waals surface area contributed by atoms with Crippen molar-refractivity contribution in [3.63, 3.8) is 0 Å². The van der Waals surface area contributed by atoms with Crippen LogP contribution in [0.4, 0.5) is 18.9 Å². The normalized spacial score (nSPS) is 11.5. The highest BCUT2D eigenvalue weighted by atomic mass is 79.9. The number of aromatic nitrogens is 1. The zero-order valence-electron chi connectivity index (χ0n) is 7.08. The third kappa shape index (κ3) is 2.88. The Morgan fingerprint density at radius 3 is 2.47 bits per heavy atom. The summed E-state index contributed by atoms with van der Waals surface area (Å²) in [6, 6.07) is 1.40. The lowest BCUT2D eigenvalue weighted by Gasteiger charge is -2.06. The fraction of sp³-hybridized carbons (Fsp3) is 0.286. The molecule has 0 aromatic carbocycles. The third-order valence-corrected chi connectivity index (χ3v) is 2.08. The van der Waals surface area contributed by atoms with Crippen molar-refractivity contribution in [1.29, 1.82) is 0 Å². The average Bonchev–Trinajstić information content (AvgIpc) is 2.15. The minimum Gasteiger partial charge on any atom is -0.258 e. The number of alkyl halides is 4. The molecule has 1 aromatic heterocycles. The van der Waals surface area contributed by atoms with Gasteiger partial charge in [-0.05, 0) is 0 Å². The van der Waals surface area contributed by atoms with E-state index in [1.165, 1.54) is 0 Å². The van der Waals surface area contributed by atoms with E-state index in [0.717, 1.165) is 6.07 Å². The molecule has 82 valence electrons. The van der Waals surface area contributed by atoms with Crippen molar-refractivity contribution in [2.75, 3.05) is 0 Å². The Balaban J connectivity index is 3.30. The number of hydrogen-bond donors (Lipinski definition) is 0. The summed E-state index contributed by atoms with van der Waals surface area (Å²) in [4.78, 5) is 12.7. The second kappa shape index (κ2) is 4.13. The molecule has 1 rings (SSSR count). The molecule has 0 fully saturated rings. The smallest absolute Gasteiger partial charge is 0.258 e. The van der Waals surface area contributed by atoms with Crippen LogP contribution in [0.25, 0.3) is 0 Å². The molecule has 0 aliphatic heterocycles. The summed E-state index contributed by atoms with van der Waals surface area (Å²) < 4.78 is 36.7. The molecule has 0 bridgehead atoms. The summed E-state index contributed by atoms with van der Waals surface area (Å²) in [5.41, 5.74) is -1.91. The van der Waals surface area contributed by atoms with E-state index in [2.05, 4.69) is 20.9 Å². The van der Waals surface area contributed by atoms with Crippen molar-refractivity contribution < 1.29 is 18.1 Å². The van der Waals surface area contributed by atoms with Crippen LogP contribution in [0.2, 0.25) is 0 Å². The molecule has 0 unspecified atom stereocenters. The maximum Gasteiger partial charge on any atom is 0.433 e. The van der Waals surface area contributed by atoms with Gasteiger partial charge in [0, 0.05) is 17.5 Å². The fourth-order valence-corrected chi connectivity index (χ4v) is 1.18. The number of nitrogens with zero attached hydrogens (tertiary/aromatic N) is 2. The number of pyridine rings is 1. The molecule has 0 atom stereocenters. The lowest BCUT2D eigenvalue weighted by atomic mass is 10.2. The number of rotatable bonds is 2. The standard InChI is InChI=1S/C7H4BrF3N2O2/c8-3-4-1-5(13(14)15)2-6(12-4)7(9,10)11/h1-2H,3H2. The van der Waals surface area contributed by atoms with E-state index in [4.69, 9.17) is 0 Å². The number of nitro groups is 1. The molecule has 0 saturated heterocycles. The van der Waals surface area contributed by atoms with Gasteiger partial charge >= 0.3 is 6.18 Å². The fourth-order valence-electron chi connectivity index (χ4n) is 0.891. The van der Waals surface area contributed by atoms with Gasteiger partial charge in [-0.25, -0.2) is 4.98 Å². The Bertz CT molecular complexity index is 394. The maximum atomic E-state index is 12.2. The molecule has 0 aliphatic carbocycles. The quantitative estimate of drug-likeness (QED) is 0.477. The summed E-state index contributed by atoms with van der Waals surface area (Å²) in [7, 11) is 0. The van der Waals surface area contributed by atoms with Gasteiger partial charge in [-0.3, -0.25) is 10.1 Å². The van der Waals surface area contributed by atoms with Crippen LogP contribution < -0.4 is 0 Å². The van der Waals surface area contributed by atoms with E-state index in [1.807, 2.05) is 0 Å². The topological polar surface area (TPSA) is 56.0 Å². The summed E-state index contributed by atoms with van der Waals surface area (Å²) >= 11 is 2.89. The maximum absolute atomic E-state index is 12.2. The zero-order valence-corrected chi connectivity index (χ0v) is 8.67. The van der Waals surface area contributed by atoms with Crippen LogP contribution >= 0.6 is 15.9 Å². The highest BCUT2D eigenvalue weighted by Crippen LogP contribution is 2.30. The second-order valence-corrected chi connectivity index (χ2v) is 3.15. The van der Waals surface area contributed by atoms with Gasteiger partial charge < -0.3 is 0 Å². The van der Waals surface area contributed by atoms with Crippen LogP contribution in [0.5, 0.6) is 0 Å². The molecule has 0 N–H and O–H groups in total. The van der Waals surface area contributed by atoms with Gasteiger partial charge in [0.2, 0.25) is 0 Å². The van der Waals surface area contributed by atoms with E-state index >= 15 is 0 Å². The first kappa shape index (κ1) is 11.9. The Morgan fingerprint density at radius 1 is 1.47 bits per heavy atom. The molecule has 4 nitrogen and oxygen atoms in total. The van der Waals surface area contributed by atoms with Gasteiger partial charge in [0.25, 0.3) is 5.69 Å². The molecule has 0 amide bonds. The van der Waals surface area contributed by atoms with E-state index in [-0.39, 0.29) is 11.0 Å². The Kier molecular flexibility index (Phi) is 3.28. The van der Waals surface area contributed by atoms with Crippen LogP contribution in [-0.4, -0.2) is 9.91 Å². The highest BCUT2D eigenvalue weighted by molar-refractivity contribution is 9.08. The van der Waals surface area contributed by atoms with Gasteiger partial charge in [0.15, 0.2) is 5.69 Å². The Morgan fingerprint density at radius 2 is 2.07 bits per heavy atom. The van der Waals surface area contributed by atoms with Gasteiger partial charge in [-0.1, -0.05) is 15.9 Å². The van der Waals surface area contributed by atoms with Crippen LogP contribution in [0, 0.1) is 10.1 Å². The SMILES string of the molecule is O=[N+]([O-])c1cc(CBr)nc(C(F)(F)F)c1. The molecule has 15 heavy (non-hydrogen) atoms. The van der Waals surface area contributed by atoms with Gasteiger partial charge in [0.1, 0.15) is 0 Å².